The Morgan fingerprint density at radius 2 is 1.93 bits per heavy atom. The first-order valence-corrected chi connectivity index (χ1v) is 9.68. The SMILES string of the molecule is O=C1NC(c2ccccc2)=N[C@@]12CC[C@@H]1CN(Cc3ccc(F)c(F)c3)C[C@@H]12. The van der Waals surface area contributed by atoms with Gasteiger partial charge < -0.3 is 5.32 Å². The molecule has 144 valence electrons. The molecule has 1 saturated heterocycles. The molecule has 1 saturated carbocycles. The zero-order valence-electron chi connectivity index (χ0n) is 15.4. The summed E-state index contributed by atoms with van der Waals surface area (Å²) in [6.45, 7) is 2.15. The molecule has 0 aromatic heterocycles. The van der Waals surface area contributed by atoms with E-state index in [2.05, 4.69) is 10.2 Å². The van der Waals surface area contributed by atoms with Gasteiger partial charge in [-0.25, -0.2) is 8.78 Å². The van der Waals surface area contributed by atoms with Gasteiger partial charge in [-0.1, -0.05) is 36.4 Å². The summed E-state index contributed by atoms with van der Waals surface area (Å²) in [6.07, 6.45) is 1.72. The number of carbonyl (C=O) groups is 1. The molecule has 2 aromatic rings. The summed E-state index contributed by atoms with van der Waals surface area (Å²) in [5, 5.41) is 3.00. The van der Waals surface area contributed by atoms with Crippen LogP contribution in [0.2, 0.25) is 0 Å². The number of amidine groups is 1. The second-order valence-corrected chi connectivity index (χ2v) is 8.05. The highest BCUT2D eigenvalue weighted by Gasteiger charge is 2.59. The predicted octanol–water partition coefficient (Wildman–Crippen LogP) is 3.12. The fraction of sp³-hybridized carbons (Fsp3) is 0.364. The van der Waals surface area contributed by atoms with Gasteiger partial charge >= 0.3 is 0 Å². The van der Waals surface area contributed by atoms with Gasteiger partial charge in [0.15, 0.2) is 11.6 Å². The van der Waals surface area contributed by atoms with Crippen LogP contribution in [-0.2, 0) is 11.3 Å². The van der Waals surface area contributed by atoms with Crippen LogP contribution < -0.4 is 5.32 Å². The minimum Gasteiger partial charge on any atom is -0.308 e. The van der Waals surface area contributed by atoms with Crippen LogP contribution in [0.1, 0.15) is 24.0 Å². The Balaban J connectivity index is 1.37. The molecule has 28 heavy (non-hydrogen) atoms. The van der Waals surface area contributed by atoms with E-state index in [9.17, 15) is 13.6 Å². The molecule has 1 spiro atoms. The van der Waals surface area contributed by atoms with E-state index in [-0.39, 0.29) is 11.8 Å². The van der Waals surface area contributed by atoms with Crippen molar-refractivity contribution in [3.05, 3.63) is 71.3 Å². The molecule has 3 atom stereocenters. The maximum Gasteiger partial charge on any atom is 0.253 e. The predicted molar refractivity (Wildman–Crippen MR) is 102 cm³/mol. The summed E-state index contributed by atoms with van der Waals surface area (Å²) in [5.74, 6) is -0.445. The van der Waals surface area contributed by atoms with Gasteiger partial charge in [-0.2, -0.15) is 0 Å². The molecule has 4 nitrogen and oxygen atoms in total. The molecule has 2 heterocycles. The largest absolute Gasteiger partial charge is 0.308 e. The monoisotopic (exact) mass is 381 g/mol. The Bertz CT molecular complexity index is 962. The van der Waals surface area contributed by atoms with Crippen molar-refractivity contribution in [2.24, 2.45) is 16.8 Å². The fourth-order valence-corrected chi connectivity index (χ4v) is 5.06. The number of rotatable bonds is 3. The molecule has 0 unspecified atom stereocenters. The Labute approximate surface area is 162 Å². The number of likely N-dealkylation sites (tertiary alicyclic amines) is 1. The molecule has 3 aliphatic rings. The third-order valence-electron chi connectivity index (χ3n) is 6.40. The van der Waals surface area contributed by atoms with Gasteiger partial charge in [0.2, 0.25) is 0 Å². The first-order valence-electron chi connectivity index (χ1n) is 9.68. The van der Waals surface area contributed by atoms with Crippen LogP contribution in [0, 0.1) is 23.5 Å². The van der Waals surface area contributed by atoms with Crippen LogP contribution in [-0.4, -0.2) is 35.3 Å². The summed E-state index contributed by atoms with van der Waals surface area (Å²) in [7, 11) is 0. The van der Waals surface area contributed by atoms with Crippen LogP contribution in [0.4, 0.5) is 8.78 Å². The number of halogens is 2. The molecule has 2 aromatic carbocycles. The first kappa shape index (κ1) is 17.5. The molecule has 1 N–H and O–H groups in total. The topological polar surface area (TPSA) is 44.7 Å². The van der Waals surface area contributed by atoms with Gasteiger partial charge in [-0.15, -0.1) is 0 Å². The summed E-state index contributed by atoms with van der Waals surface area (Å²) in [5.41, 5.74) is 0.976. The molecular formula is C22H21F2N3O. The fourth-order valence-electron chi connectivity index (χ4n) is 5.06. The summed E-state index contributed by atoms with van der Waals surface area (Å²) < 4.78 is 26.7. The van der Waals surface area contributed by atoms with Crippen molar-refractivity contribution in [3.63, 3.8) is 0 Å². The molecule has 1 amide bonds. The maximum absolute atomic E-state index is 13.5. The van der Waals surface area contributed by atoms with Crippen molar-refractivity contribution in [1.29, 1.82) is 0 Å². The minimum atomic E-state index is -0.827. The zero-order valence-corrected chi connectivity index (χ0v) is 15.4. The average Bonchev–Trinajstić information content (AvgIpc) is 3.35. The first-order chi connectivity index (χ1) is 13.5. The number of aliphatic imine (C=N–C) groups is 1. The number of carbonyl (C=O) groups excluding carboxylic acids is 1. The molecule has 2 fully saturated rings. The van der Waals surface area contributed by atoms with Crippen LogP contribution >= 0.6 is 0 Å². The highest BCUT2D eigenvalue weighted by Crippen LogP contribution is 2.49. The number of fused-ring (bicyclic) bond motifs is 2. The van der Waals surface area contributed by atoms with Gasteiger partial charge in [0.25, 0.3) is 5.91 Å². The van der Waals surface area contributed by atoms with Crippen molar-refractivity contribution in [3.8, 4) is 0 Å². The van der Waals surface area contributed by atoms with Gasteiger partial charge in [-0.3, -0.25) is 14.7 Å². The minimum absolute atomic E-state index is 0.00599. The average molecular weight is 381 g/mol. The van der Waals surface area contributed by atoms with Gasteiger partial charge in [0.05, 0.1) is 0 Å². The standard InChI is InChI=1S/C22H21F2N3O/c23-18-7-6-14(10-19(18)24)11-27-12-16-8-9-22(17(16)13-27)21(28)25-20(26-22)15-4-2-1-3-5-15/h1-7,10,16-17H,8-9,11-13H2,(H,25,26,28)/t16-,17+,22-/m1/s1. The molecule has 0 bridgehead atoms. The van der Waals surface area contributed by atoms with E-state index in [1.165, 1.54) is 12.1 Å². The lowest BCUT2D eigenvalue weighted by Crippen LogP contribution is -2.44. The van der Waals surface area contributed by atoms with Crippen molar-refractivity contribution in [1.82, 2.24) is 10.2 Å². The van der Waals surface area contributed by atoms with Crippen molar-refractivity contribution < 1.29 is 13.6 Å². The van der Waals surface area contributed by atoms with E-state index in [0.717, 1.165) is 37.1 Å². The van der Waals surface area contributed by atoms with Crippen molar-refractivity contribution in [2.45, 2.75) is 24.9 Å². The molecular weight excluding hydrogens is 360 g/mol. The van der Waals surface area contributed by atoms with Crippen LogP contribution in [0.3, 0.4) is 0 Å². The number of amides is 1. The van der Waals surface area contributed by atoms with E-state index in [1.807, 2.05) is 30.3 Å². The van der Waals surface area contributed by atoms with Gasteiger partial charge in [0.1, 0.15) is 11.4 Å². The molecule has 2 aliphatic heterocycles. The van der Waals surface area contributed by atoms with E-state index >= 15 is 0 Å². The van der Waals surface area contributed by atoms with E-state index in [1.54, 1.807) is 6.07 Å². The third kappa shape index (κ3) is 2.75. The van der Waals surface area contributed by atoms with Gasteiger partial charge in [0, 0.05) is 31.1 Å². The van der Waals surface area contributed by atoms with E-state index in [0.29, 0.717) is 18.3 Å². The Kier molecular flexibility index (Phi) is 4.05. The van der Waals surface area contributed by atoms with E-state index < -0.39 is 17.2 Å². The number of nitrogens with zero attached hydrogens (tertiary/aromatic N) is 2. The molecule has 6 heteroatoms. The second kappa shape index (κ2) is 6.48. The highest BCUT2D eigenvalue weighted by atomic mass is 19.2. The maximum atomic E-state index is 13.5. The zero-order chi connectivity index (χ0) is 19.3. The number of hydrogen-bond donors (Lipinski definition) is 1. The van der Waals surface area contributed by atoms with Crippen molar-refractivity contribution in [2.75, 3.05) is 13.1 Å². The number of nitrogens with one attached hydrogen (secondary N) is 1. The van der Waals surface area contributed by atoms with Crippen molar-refractivity contribution >= 4 is 11.7 Å². The number of hydrogen-bond acceptors (Lipinski definition) is 3. The number of benzene rings is 2. The smallest absolute Gasteiger partial charge is 0.253 e. The quantitative estimate of drug-likeness (QED) is 0.888. The van der Waals surface area contributed by atoms with Crippen LogP contribution in [0.15, 0.2) is 53.5 Å². The molecule has 5 rings (SSSR count). The van der Waals surface area contributed by atoms with Crippen LogP contribution in [0.25, 0.3) is 0 Å². The summed E-state index contributed by atoms with van der Waals surface area (Å²) >= 11 is 0. The Morgan fingerprint density at radius 1 is 1.11 bits per heavy atom. The summed E-state index contributed by atoms with van der Waals surface area (Å²) in [6, 6.07) is 13.8. The normalized spacial score (nSPS) is 29.2. The second-order valence-electron chi connectivity index (χ2n) is 8.05. The molecule has 1 aliphatic carbocycles. The lowest BCUT2D eigenvalue weighted by molar-refractivity contribution is -0.125. The third-order valence-corrected chi connectivity index (χ3v) is 6.40. The highest BCUT2D eigenvalue weighted by molar-refractivity contribution is 6.15. The lowest BCUT2D eigenvalue weighted by atomic mass is 9.85. The van der Waals surface area contributed by atoms with E-state index in [4.69, 9.17) is 4.99 Å². The Morgan fingerprint density at radius 3 is 2.71 bits per heavy atom. The molecule has 0 radical (unpaired) electrons. The van der Waals surface area contributed by atoms with Gasteiger partial charge in [-0.05, 0) is 36.5 Å². The van der Waals surface area contributed by atoms with Crippen LogP contribution in [0.5, 0.6) is 0 Å². The Hall–Kier alpha value is -2.60. The summed E-state index contributed by atoms with van der Waals surface area (Å²) in [4.78, 5) is 20.1. The lowest BCUT2D eigenvalue weighted by Gasteiger charge is -2.25.